The second-order valence-electron chi connectivity index (χ2n) is 5.60. The van der Waals surface area contributed by atoms with E-state index in [0.717, 1.165) is 23.0 Å². The predicted molar refractivity (Wildman–Crippen MR) is 80.7 cm³/mol. The Bertz CT molecular complexity index is 264. The molecule has 16 heavy (non-hydrogen) atoms. The first-order valence-corrected chi connectivity index (χ1v) is 7.83. The second-order valence-corrected chi connectivity index (χ2v) is 6.48. The van der Waals surface area contributed by atoms with Gasteiger partial charge in [0.2, 0.25) is 0 Å². The minimum absolute atomic E-state index is 0.269. The molecule has 1 saturated carbocycles. The standard InChI is InChI=1S/C14H24IN/c1-11(2)5-4-6-14(7-8-14)13(16)9-12(3)10-15/h4-5,11-12,16H,6-10H2,1-3H3/b5-4-,16-13?/t12-/m0/s1. The molecule has 0 amide bonds. The molecule has 1 rings (SSSR count). The van der Waals surface area contributed by atoms with Gasteiger partial charge in [-0.2, -0.15) is 0 Å². The Balaban J connectivity index is 2.42. The topological polar surface area (TPSA) is 23.9 Å². The summed E-state index contributed by atoms with van der Waals surface area (Å²) in [5, 5.41) is 8.24. The lowest BCUT2D eigenvalue weighted by atomic mass is 9.89. The van der Waals surface area contributed by atoms with Gasteiger partial charge in [0, 0.05) is 15.6 Å². The van der Waals surface area contributed by atoms with Gasteiger partial charge in [0.05, 0.1) is 0 Å². The Kier molecular flexibility index (Phi) is 5.48. The average molecular weight is 333 g/mol. The molecule has 0 aromatic heterocycles. The van der Waals surface area contributed by atoms with E-state index in [1.165, 1.54) is 12.8 Å². The number of allylic oxidation sites excluding steroid dienone is 2. The lowest BCUT2D eigenvalue weighted by Gasteiger charge is -2.17. The van der Waals surface area contributed by atoms with Gasteiger partial charge in [0.15, 0.2) is 0 Å². The molecule has 1 fully saturated rings. The molecule has 2 heteroatoms. The molecule has 0 bridgehead atoms. The highest BCUT2D eigenvalue weighted by atomic mass is 127. The maximum absolute atomic E-state index is 8.24. The van der Waals surface area contributed by atoms with Crippen LogP contribution in [-0.4, -0.2) is 10.1 Å². The Morgan fingerprint density at radius 3 is 2.44 bits per heavy atom. The second kappa shape index (κ2) is 6.18. The number of hydrogen-bond acceptors (Lipinski definition) is 1. The summed E-state index contributed by atoms with van der Waals surface area (Å²) in [4.78, 5) is 0. The van der Waals surface area contributed by atoms with Crippen molar-refractivity contribution in [3.63, 3.8) is 0 Å². The number of nitrogens with one attached hydrogen (secondary N) is 1. The van der Waals surface area contributed by atoms with Crippen LogP contribution in [0.5, 0.6) is 0 Å². The molecule has 1 atom stereocenters. The van der Waals surface area contributed by atoms with E-state index in [1.54, 1.807) is 0 Å². The van der Waals surface area contributed by atoms with Crippen molar-refractivity contribution in [2.75, 3.05) is 4.43 Å². The summed E-state index contributed by atoms with van der Waals surface area (Å²) >= 11 is 2.42. The van der Waals surface area contributed by atoms with Crippen molar-refractivity contribution in [3.05, 3.63) is 12.2 Å². The first kappa shape index (κ1) is 14.2. The van der Waals surface area contributed by atoms with Crippen molar-refractivity contribution in [1.82, 2.24) is 0 Å². The van der Waals surface area contributed by atoms with E-state index in [0.29, 0.717) is 11.8 Å². The van der Waals surface area contributed by atoms with Crippen molar-refractivity contribution in [2.24, 2.45) is 17.3 Å². The van der Waals surface area contributed by atoms with Gasteiger partial charge in [-0.1, -0.05) is 55.5 Å². The Morgan fingerprint density at radius 1 is 1.38 bits per heavy atom. The van der Waals surface area contributed by atoms with Crippen LogP contribution in [0, 0.1) is 22.7 Å². The van der Waals surface area contributed by atoms with Crippen molar-refractivity contribution >= 4 is 28.3 Å². The van der Waals surface area contributed by atoms with Crippen LogP contribution in [0.2, 0.25) is 0 Å². The highest BCUT2D eigenvalue weighted by Crippen LogP contribution is 2.51. The first-order chi connectivity index (χ1) is 7.50. The molecular formula is C14H24IN. The smallest absolute Gasteiger partial charge is 0.0157 e. The van der Waals surface area contributed by atoms with E-state index < -0.39 is 0 Å². The first-order valence-electron chi connectivity index (χ1n) is 6.30. The fourth-order valence-electron chi connectivity index (χ4n) is 1.97. The van der Waals surface area contributed by atoms with Gasteiger partial charge >= 0.3 is 0 Å². The fraction of sp³-hybridized carbons (Fsp3) is 0.786. The molecule has 0 unspecified atom stereocenters. The molecule has 1 aliphatic rings. The summed E-state index contributed by atoms with van der Waals surface area (Å²) in [5.74, 6) is 1.30. The van der Waals surface area contributed by atoms with Gasteiger partial charge in [-0.05, 0) is 37.5 Å². The minimum atomic E-state index is 0.269. The molecule has 0 saturated heterocycles. The zero-order valence-electron chi connectivity index (χ0n) is 10.7. The molecule has 1 aliphatic carbocycles. The van der Waals surface area contributed by atoms with Crippen LogP contribution in [0.15, 0.2) is 12.2 Å². The highest BCUT2D eigenvalue weighted by Gasteiger charge is 2.45. The van der Waals surface area contributed by atoms with Crippen LogP contribution < -0.4 is 0 Å². The van der Waals surface area contributed by atoms with Crippen LogP contribution in [-0.2, 0) is 0 Å². The van der Waals surface area contributed by atoms with Gasteiger partial charge in [-0.15, -0.1) is 0 Å². The van der Waals surface area contributed by atoms with Crippen molar-refractivity contribution in [2.45, 2.75) is 46.5 Å². The summed E-state index contributed by atoms with van der Waals surface area (Å²) in [6.07, 6.45) is 9.14. The van der Waals surface area contributed by atoms with Gasteiger partial charge in [-0.25, -0.2) is 0 Å². The Hall–Kier alpha value is 0.140. The third-order valence-corrected chi connectivity index (χ3v) is 4.84. The SMILES string of the molecule is CC(C)/C=C\CC1(C(=N)C[C@H](C)CI)CC1. The van der Waals surface area contributed by atoms with Gasteiger partial charge < -0.3 is 5.41 Å². The van der Waals surface area contributed by atoms with Gasteiger partial charge in [0.25, 0.3) is 0 Å². The van der Waals surface area contributed by atoms with Crippen LogP contribution in [0.4, 0.5) is 0 Å². The predicted octanol–water partition coefficient (Wildman–Crippen LogP) is 4.85. The van der Waals surface area contributed by atoms with Crippen LogP contribution in [0.1, 0.15) is 46.5 Å². The zero-order chi connectivity index (χ0) is 12.2. The summed E-state index contributed by atoms with van der Waals surface area (Å²) in [6, 6.07) is 0. The molecule has 0 aromatic carbocycles. The van der Waals surface area contributed by atoms with Gasteiger partial charge in [0.1, 0.15) is 0 Å². The number of alkyl halides is 1. The molecule has 0 aromatic rings. The quantitative estimate of drug-likeness (QED) is 0.298. The molecule has 1 N–H and O–H groups in total. The van der Waals surface area contributed by atoms with E-state index in [4.69, 9.17) is 5.41 Å². The average Bonchev–Trinajstić information content (AvgIpc) is 2.98. The maximum atomic E-state index is 8.24. The summed E-state index contributed by atoms with van der Waals surface area (Å²) in [6.45, 7) is 6.67. The summed E-state index contributed by atoms with van der Waals surface area (Å²) in [7, 11) is 0. The maximum Gasteiger partial charge on any atom is 0.0157 e. The summed E-state index contributed by atoms with van der Waals surface area (Å²) < 4.78 is 1.16. The largest absolute Gasteiger partial charge is 0.309 e. The molecule has 0 heterocycles. The third-order valence-electron chi connectivity index (χ3n) is 3.34. The molecule has 92 valence electrons. The van der Waals surface area contributed by atoms with E-state index >= 15 is 0 Å². The molecule has 1 nitrogen and oxygen atoms in total. The monoisotopic (exact) mass is 333 g/mol. The minimum Gasteiger partial charge on any atom is -0.309 e. The number of halogens is 1. The van der Waals surface area contributed by atoms with Crippen LogP contribution in [0.25, 0.3) is 0 Å². The van der Waals surface area contributed by atoms with Crippen LogP contribution >= 0.6 is 22.6 Å². The van der Waals surface area contributed by atoms with Crippen molar-refractivity contribution in [1.29, 1.82) is 5.41 Å². The van der Waals surface area contributed by atoms with Crippen LogP contribution in [0.3, 0.4) is 0 Å². The van der Waals surface area contributed by atoms with Gasteiger partial charge in [-0.3, -0.25) is 0 Å². The molecular weight excluding hydrogens is 309 g/mol. The Morgan fingerprint density at radius 2 is 2.00 bits per heavy atom. The van der Waals surface area contributed by atoms with Crippen molar-refractivity contribution < 1.29 is 0 Å². The number of rotatable bonds is 7. The van der Waals surface area contributed by atoms with E-state index in [9.17, 15) is 0 Å². The van der Waals surface area contributed by atoms with E-state index in [2.05, 4.69) is 55.5 Å². The third kappa shape index (κ3) is 4.19. The Labute approximate surface area is 114 Å². The molecule has 0 spiro atoms. The zero-order valence-corrected chi connectivity index (χ0v) is 12.9. The molecule has 0 radical (unpaired) electrons. The van der Waals surface area contributed by atoms with E-state index in [1.807, 2.05) is 0 Å². The lowest BCUT2D eigenvalue weighted by molar-refractivity contribution is 0.628. The van der Waals surface area contributed by atoms with E-state index in [-0.39, 0.29) is 5.41 Å². The van der Waals surface area contributed by atoms with Crippen molar-refractivity contribution in [3.8, 4) is 0 Å². The highest BCUT2D eigenvalue weighted by molar-refractivity contribution is 14.1. The molecule has 0 aliphatic heterocycles. The lowest BCUT2D eigenvalue weighted by Crippen LogP contribution is -2.17. The number of hydrogen-bond donors (Lipinski definition) is 1. The summed E-state index contributed by atoms with van der Waals surface area (Å²) in [5.41, 5.74) is 1.27. The fourth-order valence-corrected chi connectivity index (χ4v) is 2.28. The normalized spacial score (nSPS) is 20.3.